The van der Waals surface area contributed by atoms with Gasteiger partial charge in [0.25, 0.3) is 0 Å². The average Bonchev–Trinajstić information content (AvgIpc) is 2.46. The molecule has 0 unspecified atom stereocenters. The van der Waals surface area contributed by atoms with E-state index in [1.165, 1.54) is 5.56 Å². The summed E-state index contributed by atoms with van der Waals surface area (Å²) in [4.78, 5) is 2.23. The van der Waals surface area contributed by atoms with Gasteiger partial charge >= 0.3 is 0 Å². The van der Waals surface area contributed by atoms with Gasteiger partial charge in [-0.3, -0.25) is 4.68 Å². The lowest BCUT2D eigenvalue weighted by Gasteiger charge is -2.18. The van der Waals surface area contributed by atoms with Gasteiger partial charge in [0.2, 0.25) is 0 Å². The fraction of sp³-hybridized carbons (Fsp3) is 0.727. The lowest BCUT2D eigenvalue weighted by Crippen LogP contribution is -2.32. The molecule has 4 nitrogen and oxygen atoms in total. The Hall–Kier alpha value is -0.870. The fourth-order valence-electron chi connectivity index (χ4n) is 1.72. The topological polar surface area (TPSA) is 47.1 Å². The van der Waals surface area contributed by atoms with Gasteiger partial charge in [-0.15, -0.1) is 0 Å². The molecule has 0 aromatic carbocycles. The van der Waals surface area contributed by atoms with E-state index in [1.54, 1.807) is 0 Å². The van der Waals surface area contributed by atoms with Crippen molar-refractivity contribution in [3.63, 3.8) is 0 Å². The first-order chi connectivity index (χ1) is 7.02. The SMILES string of the molecule is CCn1cc(CN(C)C[C@@H](C)N)c(C)n1. The smallest absolute Gasteiger partial charge is 0.0638 e. The Morgan fingerprint density at radius 2 is 2.27 bits per heavy atom. The van der Waals surface area contributed by atoms with E-state index in [-0.39, 0.29) is 6.04 Å². The summed E-state index contributed by atoms with van der Waals surface area (Å²) in [5, 5.41) is 4.42. The Bertz CT molecular complexity index is 304. The van der Waals surface area contributed by atoms with Gasteiger partial charge in [-0.2, -0.15) is 5.10 Å². The molecule has 0 saturated heterocycles. The molecule has 1 aromatic heterocycles. The van der Waals surface area contributed by atoms with Gasteiger partial charge in [-0.1, -0.05) is 0 Å². The highest BCUT2D eigenvalue weighted by molar-refractivity contribution is 5.15. The van der Waals surface area contributed by atoms with Gasteiger partial charge in [-0.25, -0.2) is 0 Å². The molecule has 4 heteroatoms. The molecular weight excluding hydrogens is 188 g/mol. The minimum atomic E-state index is 0.219. The molecule has 0 radical (unpaired) electrons. The summed E-state index contributed by atoms with van der Waals surface area (Å²) >= 11 is 0. The molecule has 0 fully saturated rings. The van der Waals surface area contributed by atoms with Crippen LogP contribution in [0.4, 0.5) is 0 Å². The number of nitrogens with zero attached hydrogens (tertiary/aromatic N) is 3. The Morgan fingerprint density at radius 1 is 1.60 bits per heavy atom. The first kappa shape index (κ1) is 12.2. The van der Waals surface area contributed by atoms with Crippen molar-refractivity contribution in [2.75, 3.05) is 13.6 Å². The van der Waals surface area contributed by atoms with Crippen LogP contribution >= 0.6 is 0 Å². The average molecular weight is 210 g/mol. The van der Waals surface area contributed by atoms with Crippen LogP contribution in [0.15, 0.2) is 6.20 Å². The van der Waals surface area contributed by atoms with Crippen molar-refractivity contribution in [2.24, 2.45) is 5.73 Å². The lowest BCUT2D eigenvalue weighted by molar-refractivity contribution is 0.309. The number of hydrogen-bond donors (Lipinski definition) is 1. The zero-order valence-electron chi connectivity index (χ0n) is 10.2. The Balaban J connectivity index is 2.59. The van der Waals surface area contributed by atoms with Crippen molar-refractivity contribution in [3.8, 4) is 0 Å². The molecular formula is C11H22N4. The van der Waals surface area contributed by atoms with Crippen molar-refractivity contribution in [1.82, 2.24) is 14.7 Å². The standard InChI is InChI=1S/C11H22N4/c1-5-15-8-11(10(3)13-15)7-14(4)6-9(2)12/h8-9H,5-7,12H2,1-4H3/t9-/m1/s1. The van der Waals surface area contributed by atoms with Crippen molar-refractivity contribution in [2.45, 2.75) is 39.9 Å². The quantitative estimate of drug-likeness (QED) is 0.788. The molecule has 15 heavy (non-hydrogen) atoms. The molecule has 0 bridgehead atoms. The van der Waals surface area contributed by atoms with Crippen LogP contribution in [0.2, 0.25) is 0 Å². The molecule has 0 amide bonds. The van der Waals surface area contributed by atoms with Gasteiger partial charge in [0, 0.05) is 37.4 Å². The van der Waals surface area contributed by atoms with Crippen LogP contribution in [0, 0.1) is 6.92 Å². The third-order valence-electron chi connectivity index (χ3n) is 2.41. The van der Waals surface area contributed by atoms with E-state index >= 15 is 0 Å². The van der Waals surface area contributed by atoms with E-state index in [2.05, 4.69) is 37.1 Å². The second-order valence-corrected chi connectivity index (χ2v) is 4.27. The summed E-state index contributed by atoms with van der Waals surface area (Å²) < 4.78 is 1.98. The molecule has 1 aromatic rings. The Morgan fingerprint density at radius 3 is 2.73 bits per heavy atom. The number of likely N-dealkylation sites (N-methyl/N-ethyl adjacent to an activating group) is 1. The van der Waals surface area contributed by atoms with Crippen molar-refractivity contribution in [3.05, 3.63) is 17.5 Å². The number of aromatic nitrogens is 2. The molecule has 0 aliphatic carbocycles. The number of nitrogens with two attached hydrogens (primary N) is 1. The second kappa shape index (κ2) is 5.28. The third kappa shape index (κ3) is 3.64. The maximum atomic E-state index is 5.75. The number of hydrogen-bond acceptors (Lipinski definition) is 3. The first-order valence-corrected chi connectivity index (χ1v) is 5.50. The summed E-state index contributed by atoms with van der Waals surface area (Å²) in [7, 11) is 2.09. The normalized spacial score (nSPS) is 13.5. The van der Waals surface area contributed by atoms with Crippen LogP contribution < -0.4 is 5.73 Å². The van der Waals surface area contributed by atoms with Crippen LogP contribution in [0.1, 0.15) is 25.1 Å². The largest absolute Gasteiger partial charge is 0.327 e. The second-order valence-electron chi connectivity index (χ2n) is 4.27. The van der Waals surface area contributed by atoms with E-state index < -0.39 is 0 Å². The molecule has 0 spiro atoms. The van der Waals surface area contributed by atoms with Gasteiger partial charge in [0.05, 0.1) is 5.69 Å². The molecule has 86 valence electrons. The van der Waals surface area contributed by atoms with E-state index in [9.17, 15) is 0 Å². The predicted octanol–water partition coefficient (Wildman–Crippen LogP) is 0.990. The number of rotatable bonds is 5. The Labute approximate surface area is 92.1 Å². The maximum absolute atomic E-state index is 5.75. The van der Waals surface area contributed by atoms with Gasteiger partial charge < -0.3 is 10.6 Å². The molecule has 1 heterocycles. The van der Waals surface area contributed by atoms with Crippen LogP contribution in [-0.2, 0) is 13.1 Å². The van der Waals surface area contributed by atoms with Crippen molar-refractivity contribution in [1.29, 1.82) is 0 Å². The van der Waals surface area contributed by atoms with E-state index in [0.29, 0.717) is 0 Å². The zero-order valence-corrected chi connectivity index (χ0v) is 10.2. The van der Waals surface area contributed by atoms with Crippen LogP contribution in [0.3, 0.4) is 0 Å². The predicted molar refractivity (Wildman–Crippen MR) is 62.6 cm³/mol. The minimum Gasteiger partial charge on any atom is -0.327 e. The molecule has 0 aliphatic rings. The third-order valence-corrected chi connectivity index (χ3v) is 2.41. The fourth-order valence-corrected chi connectivity index (χ4v) is 1.72. The van der Waals surface area contributed by atoms with Gasteiger partial charge in [0.1, 0.15) is 0 Å². The van der Waals surface area contributed by atoms with Crippen molar-refractivity contribution >= 4 is 0 Å². The van der Waals surface area contributed by atoms with Crippen LogP contribution in [0.5, 0.6) is 0 Å². The highest BCUT2D eigenvalue weighted by Gasteiger charge is 2.08. The van der Waals surface area contributed by atoms with E-state index in [4.69, 9.17) is 5.73 Å². The minimum absolute atomic E-state index is 0.219. The summed E-state index contributed by atoms with van der Waals surface area (Å²) in [6.07, 6.45) is 2.12. The zero-order chi connectivity index (χ0) is 11.4. The van der Waals surface area contributed by atoms with Crippen LogP contribution in [-0.4, -0.2) is 34.3 Å². The number of aryl methyl sites for hydroxylation is 2. The summed E-state index contributed by atoms with van der Waals surface area (Å²) in [6, 6.07) is 0.219. The molecule has 1 rings (SSSR count). The van der Waals surface area contributed by atoms with E-state index in [0.717, 1.165) is 25.3 Å². The van der Waals surface area contributed by atoms with E-state index in [1.807, 2.05) is 11.6 Å². The molecule has 0 aliphatic heterocycles. The monoisotopic (exact) mass is 210 g/mol. The summed E-state index contributed by atoms with van der Waals surface area (Å²) in [6.45, 7) is 8.95. The molecule has 0 saturated carbocycles. The highest BCUT2D eigenvalue weighted by Crippen LogP contribution is 2.08. The van der Waals surface area contributed by atoms with Crippen LogP contribution in [0.25, 0.3) is 0 Å². The Kier molecular flexibility index (Phi) is 4.29. The van der Waals surface area contributed by atoms with Gasteiger partial charge in [-0.05, 0) is 27.8 Å². The summed E-state index contributed by atoms with van der Waals surface area (Å²) in [5.74, 6) is 0. The summed E-state index contributed by atoms with van der Waals surface area (Å²) in [5.41, 5.74) is 8.16. The van der Waals surface area contributed by atoms with Gasteiger partial charge in [0.15, 0.2) is 0 Å². The van der Waals surface area contributed by atoms with Crippen molar-refractivity contribution < 1.29 is 0 Å². The lowest BCUT2D eigenvalue weighted by atomic mass is 10.2. The molecule has 2 N–H and O–H groups in total. The first-order valence-electron chi connectivity index (χ1n) is 5.50. The maximum Gasteiger partial charge on any atom is 0.0638 e. The molecule has 1 atom stereocenters. The highest BCUT2D eigenvalue weighted by atomic mass is 15.3.